The normalized spacial score (nSPS) is 50.0. The minimum atomic E-state index is -0.899. The summed E-state index contributed by atoms with van der Waals surface area (Å²) in [5.74, 6) is -0.664. The number of carbonyl (C=O) groups is 1. The van der Waals surface area contributed by atoms with Gasteiger partial charge in [-0.2, -0.15) is 0 Å². The first-order valence-electron chi connectivity index (χ1n) is 12.8. The molecule has 32 heavy (non-hydrogen) atoms. The Morgan fingerprint density at radius 1 is 1.09 bits per heavy atom. The van der Waals surface area contributed by atoms with Crippen LogP contribution >= 0.6 is 0 Å². The van der Waals surface area contributed by atoms with Crippen molar-refractivity contribution < 1.29 is 29.2 Å². The first-order chi connectivity index (χ1) is 14.9. The van der Waals surface area contributed by atoms with Gasteiger partial charge in [0.05, 0.1) is 29.8 Å². The molecule has 0 amide bonds. The largest absolute Gasteiger partial charge is 0.481 e. The van der Waals surface area contributed by atoms with E-state index in [4.69, 9.17) is 14.2 Å². The number of ether oxygens (including phenoxy) is 3. The van der Waals surface area contributed by atoms with E-state index in [-0.39, 0.29) is 35.4 Å². The standard InChI is InChI=1S/C26H42O6/c1-15-16-14-30-26(17(15)8-9-20(26)27)32-21(16)24(4,5)31-19-7-6-10-25(22(28)29)12-11-23(2,3)13-18(19)25/h15-21,27H,6-14H2,1-5H3,(H,28,29). The molecule has 3 aliphatic carbocycles. The molecule has 0 aromatic heterocycles. The lowest BCUT2D eigenvalue weighted by Gasteiger charge is -2.60. The number of carboxylic acid groups (broad SMARTS) is 1. The summed E-state index contributed by atoms with van der Waals surface area (Å²) in [6, 6.07) is 0. The van der Waals surface area contributed by atoms with E-state index in [9.17, 15) is 15.0 Å². The van der Waals surface area contributed by atoms with Crippen molar-refractivity contribution in [2.45, 2.75) is 116 Å². The monoisotopic (exact) mass is 450 g/mol. The summed E-state index contributed by atoms with van der Waals surface area (Å²) in [5.41, 5.74) is -1.12. The first kappa shape index (κ1) is 23.1. The van der Waals surface area contributed by atoms with Gasteiger partial charge in [-0.25, -0.2) is 0 Å². The Hall–Kier alpha value is -0.690. The van der Waals surface area contributed by atoms with Crippen LogP contribution in [0.15, 0.2) is 0 Å². The third-order valence-corrected chi connectivity index (χ3v) is 10.1. The van der Waals surface area contributed by atoms with E-state index in [2.05, 4.69) is 34.6 Å². The molecule has 0 aromatic rings. The maximum absolute atomic E-state index is 12.5. The van der Waals surface area contributed by atoms with Crippen molar-refractivity contribution in [1.29, 1.82) is 0 Å². The van der Waals surface area contributed by atoms with E-state index in [0.717, 1.165) is 51.4 Å². The van der Waals surface area contributed by atoms with Gasteiger partial charge in [-0.15, -0.1) is 0 Å². The number of aliphatic hydroxyl groups is 1. The molecule has 3 saturated heterocycles. The highest BCUT2D eigenvalue weighted by Crippen LogP contribution is 2.59. The van der Waals surface area contributed by atoms with Gasteiger partial charge >= 0.3 is 5.97 Å². The first-order valence-corrected chi connectivity index (χ1v) is 12.8. The number of fused-ring (bicyclic) bond motifs is 3. The molecule has 6 aliphatic rings. The molecule has 6 rings (SSSR count). The van der Waals surface area contributed by atoms with Gasteiger partial charge in [0, 0.05) is 17.8 Å². The topological polar surface area (TPSA) is 85.2 Å². The second-order valence-corrected chi connectivity index (χ2v) is 12.9. The molecule has 2 N–H and O–H groups in total. The van der Waals surface area contributed by atoms with Crippen molar-refractivity contribution in [3.05, 3.63) is 0 Å². The average molecular weight is 451 g/mol. The quantitative estimate of drug-likeness (QED) is 0.661. The van der Waals surface area contributed by atoms with E-state index in [1.165, 1.54) is 0 Å². The lowest BCUT2D eigenvalue weighted by Crippen LogP contribution is -2.69. The Bertz CT molecular complexity index is 763. The second kappa shape index (κ2) is 7.40. The molecule has 182 valence electrons. The third kappa shape index (κ3) is 3.23. The van der Waals surface area contributed by atoms with Crippen LogP contribution in [0, 0.1) is 34.5 Å². The van der Waals surface area contributed by atoms with Gasteiger partial charge in [-0.3, -0.25) is 4.79 Å². The summed E-state index contributed by atoms with van der Waals surface area (Å²) in [6.07, 6.45) is 5.94. The van der Waals surface area contributed by atoms with Crippen LogP contribution in [0.25, 0.3) is 0 Å². The minimum absolute atomic E-state index is 0.0224. The molecule has 6 nitrogen and oxygen atoms in total. The van der Waals surface area contributed by atoms with Crippen molar-refractivity contribution in [2.75, 3.05) is 6.61 Å². The Morgan fingerprint density at radius 2 is 1.84 bits per heavy atom. The van der Waals surface area contributed by atoms with Crippen LogP contribution in [-0.2, 0) is 19.0 Å². The molecule has 1 spiro atoms. The van der Waals surface area contributed by atoms with Gasteiger partial charge in [0.2, 0.25) is 0 Å². The molecule has 0 radical (unpaired) electrons. The summed E-state index contributed by atoms with van der Waals surface area (Å²) in [4.78, 5) is 12.5. The van der Waals surface area contributed by atoms with Crippen LogP contribution < -0.4 is 0 Å². The van der Waals surface area contributed by atoms with Crippen LogP contribution in [0.2, 0.25) is 0 Å². The molecule has 9 atom stereocenters. The maximum atomic E-state index is 12.5. The zero-order chi connectivity index (χ0) is 23.1. The summed E-state index contributed by atoms with van der Waals surface area (Å²) in [7, 11) is 0. The molecule has 3 aliphatic heterocycles. The molecule has 6 fully saturated rings. The van der Waals surface area contributed by atoms with Crippen molar-refractivity contribution in [2.24, 2.45) is 34.5 Å². The average Bonchev–Trinajstić information content (AvgIpc) is 3.05. The van der Waals surface area contributed by atoms with Crippen molar-refractivity contribution >= 4 is 5.97 Å². The van der Waals surface area contributed by atoms with Gasteiger partial charge in [-0.05, 0) is 76.5 Å². The van der Waals surface area contributed by atoms with Crippen LogP contribution in [-0.4, -0.2) is 52.5 Å². The Balaban J connectivity index is 1.41. The summed E-state index contributed by atoms with van der Waals surface area (Å²) in [6.45, 7) is 11.6. The Labute approximate surface area is 192 Å². The number of aliphatic hydroxyl groups excluding tert-OH is 1. The molecule has 9 unspecified atom stereocenters. The molecule has 3 heterocycles. The summed E-state index contributed by atoms with van der Waals surface area (Å²) >= 11 is 0. The third-order valence-electron chi connectivity index (χ3n) is 10.1. The fourth-order valence-corrected chi connectivity index (χ4v) is 8.23. The summed E-state index contributed by atoms with van der Waals surface area (Å²) < 4.78 is 19.7. The predicted molar refractivity (Wildman–Crippen MR) is 119 cm³/mol. The minimum Gasteiger partial charge on any atom is -0.481 e. The van der Waals surface area contributed by atoms with E-state index in [1.807, 2.05) is 0 Å². The highest BCUT2D eigenvalue weighted by molar-refractivity contribution is 5.75. The SMILES string of the molecule is CC1C2COC3(OC2C(C)(C)OC2CCCC4(C(=O)O)CCC(C)(C)CC24)C(O)CCC13. The van der Waals surface area contributed by atoms with Crippen molar-refractivity contribution in [1.82, 2.24) is 0 Å². The maximum Gasteiger partial charge on any atom is 0.310 e. The van der Waals surface area contributed by atoms with Crippen LogP contribution in [0.1, 0.15) is 86.0 Å². The van der Waals surface area contributed by atoms with E-state index >= 15 is 0 Å². The van der Waals surface area contributed by atoms with Crippen molar-refractivity contribution in [3.63, 3.8) is 0 Å². The predicted octanol–water partition coefficient (Wildman–Crippen LogP) is 4.38. The molecular formula is C26H42O6. The van der Waals surface area contributed by atoms with Gasteiger partial charge in [-0.1, -0.05) is 20.8 Å². The Kier molecular flexibility index (Phi) is 5.34. The fraction of sp³-hybridized carbons (Fsp3) is 0.962. The van der Waals surface area contributed by atoms with Gasteiger partial charge in [0.15, 0.2) is 5.79 Å². The highest BCUT2D eigenvalue weighted by Gasteiger charge is 2.67. The number of aliphatic carboxylic acids is 1. The van der Waals surface area contributed by atoms with E-state index in [0.29, 0.717) is 12.5 Å². The van der Waals surface area contributed by atoms with Crippen molar-refractivity contribution in [3.8, 4) is 0 Å². The summed E-state index contributed by atoms with van der Waals surface area (Å²) in [5, 5.41) is 21.1. The van der Waals surface area contributed by atoms with Gasteiger partial charge in [0.1, 0.15) is 6.10 Å². The van der Waals surface area contributed by atoms with Crippen LogP contribution in [0.3, 0.4) is 0 Å². The van der Waals surface area contributed by atoms with Crippen LogP contribution in [0.5, 0.6) is 0 Å². The number of carboxylic acids is 1. The zero-order valence-electron chi connectivity index (χ0n) is 20.4. The fourth-order valence-electron chi connectivity index (χ4n) is 8.23. The second-order valence-electron chi connectivity index (χ2n) is 12.9. The smallest absolute Gasteiger partial charge is 0.310 e. The Morgan fingerprint density at radius 3 is 2.56 bits per heavy atom. The lowest BCUT2D eigenvalue weighted by atomic mass is 9.53. The van der Waals surface area contributed by atoms with Crippen LogP contribution in [0.4, 0.5) is 0 Å². The zero-order valence-corrected chi connectivity index (χ0v) is 20.4. The van der Waals surface area contributed by atoms with E-state index in [1.54, 1.807) is 0 Å². The lowest BCUT2D eigenvalue weighted by molar-refractivity contribution is -0.416. The van der Waals surface area contributed by atoms with Gasteiger partial charge < -0.3 is 24.4 Å². The highest BCUT2D eigenvalue weighted by atomic mass is 16.7. The molecular weight excluding hydrogens is 408 g/mol. The molecule has 6 heteroatoms. The van der Waals surface area contributed by atoms with Gasteiger partial charge in [0.25, 0.3) is 0 Å². The van der Waals surface area contributed by atoms with E-state index < -0.39 is 28.9 Å². The number of rotatable bonds is 4. The molecule has 2 bridgehead atoms. The molecule has 0 aromatic carbocycles. The molecule has 3 saturated carbocycles. The number of hydrogen-bond donors (Lipinski definition) is 2. The number of hydrogen-bond acceptors (Lipinski definition) is 5.